The average molecular weight is 256 g/mol. The maximum absolute atomic E-state index is 13.1. The molecule has 7 heteroatoms. The smallest absolute Gasteiger partial charge is 0.273 e. The Hall–Kier alpha value is -2.02. The van der Waals surface area contributed by atoms with Gasteiger partial charge in [-0.25, -0.2) is 4.39 Å². The first kappa shape index (κ1) is 14.0. The predicted octanol–water partition coefficient (Wildman–Crippen LogP) is 1.09. The fourth-order valence-corrected chi connectivity index (χ4v) is 1.24. The first-order chi connectivity index (χ1) is 8.43. The van der Waals surface area contributed by atoms with E-state index in [1.165, 1.54) is 0 Å². The number of nitrogens with one attached hydrogen (secondary N) is 1. The number of hydrogen-bond acceptors (Lipinski definition) is 4. The van der Waals surface area contributed by atoms with Gasteiger partial charge >= 0.3 is 0 Å². The summed E-state index contributed by atoms with van der Waals surface area (Å²) < 4.78 is 13.1. The Bertz CT molecular complexity index is 464. The van der Waals surface area contributed by atoms with Crippen LogP contribution in [-0.4, -0.2) is 29.1 Å². The van der Waals surface area contributed by atoms with Crippen molar-refractivity contribution in [3.8, 4) is 0 Å². The molecule has 1 atom stereocenters. The number of rotatable bonds is 5. The number of hydrogen-bond donors (Lipinski definition) is 2. The van der Waals surface area contributed by atoms with Crippen molar-refractivity contribution in [3.63, 3.8) is 0 Å². The minimum atomic E-state index is -0.843. The van der Waals surface area contributed by atoms with Crippen molar-refractivity contribution < 1.29 is 19.2 Å². The average Bonchev–Trinajstić information content (AvgIpc) is 2.34. The van der Waals surface area contributed by atoms with Crippen LogP contribution in [0, 0.1) is 21.8 Å². The summed E-state index contributed by atoms with van der Waals surface area (Å²) in [5.74, 6) is -1.60. The summed E-state index contributed by atoms with van der Waals surface area (Å²) in [7, 11) is 0. The van der Waals surface area contributed by atoms with Crippen LogP contribution in [0.15, 0.2) is 18.2 Å². The zero-order valence-corrected chi connectivity index (χ0v) is 9.72. The van der Waals surface area contributed by atoms with E-state index in [0.29, 0.717) is 0 Å². The summed E-state index contributed by atoms with van der Waals surface area (Å²) in [6, 6.07) is 2.67. The van der Waals surface area contributed by atoms with Crippen LogP contribution in [0.2, 0.25) is 0 Å². The van der Waals surface area contributed by atoms with Crippen LogP contribution < -0.4 is 5.32 Å². The summed E-state index contributed by atoms with van der Waals surface area (Å²) in [4.78, 5) is 21.4. The lowest BCUT2D eigenvalue weighted by atomic mass is 10.1. The zero-order valence-electron chi connectivity index (χ0n) is 9.72. The fourth-order valence-electron chi connectivity index (χ4n) is 1.24. The summed E-state index contributed by atoms with van der Waals surface area (Å²) in [5.41, 5.74) is -0.595. The van der Waals surface area contributed by atoms with Crippen molar-refractivity contribution in [1.82, 2.24) is 5.32 Å². The molecule has 0 aliphatic carbocycles. The number of carbonyl (C=O) groups excluding carboxylic acids is 1. The second-order valence-corrected chi connectivity index (χ2v) is 3.95. The monoisotopic (exact) mass is 256 g/mol. The maximum atomic E-state index is 13.1. The van der Waals surface area contributed by atoms with Crippen molar-refractivity contribution in [1.29, 1.82) is 0 Å². The van der Waals surface area contributed by atoms with Crippen LogP contribution in [0.4, 0.5) is 10.1 Å². The second-order valence-electron chi connectivity index (χ2n) is 3.95. The van der Waals surface area contributed by atoms with E-state index in [9.17, 15) is 19.3 Å². The first-order valence-corrected chi connectivity index (χ1v) is 5.28. The van der Waals surface area contributed by atoms with E-state index >= 15 is 0 Å². The highest BCUT2D eigenvalue weighted by Gasteiger charge is 2.14. The van der Waals surface area contributed by atoms with E-state index < -0.39 is 22.3 Å². The highest BCUT2D eigenvalue weighted by molar-refractivity contribution is 5.94. The molecule has 0 aromatic heterocycles. The number of aliphatic hydroxyl groups is 1. The van der Waals surface area contributed by atoms with Gasteiger partial charge < -0.3 is 10.4 Å². The molecule has 1 aromatic carbocycles. The van der Waals surface area contributed by atoms with Crippen LogP contribution in [-0.2, 0) is 0 Å². The molecule has 1 aromatic rings. The molecule has 2 N–H and O–H groups in total. The van der Waals surface area contributed by atoms with Gasteiger partial charge in [-0.05, 0) is 12.0 Å². The van der Waals surface area contributed by atoms with Crippen LogP contribution in [0.5, 0.6) is 0 Å². The van der Waals surface area contributed by atoms with Crippen molar-refractivity contribution in [3.05, 3.63) is 39.7 Å². The lowest BCUT2D eigenvalue weighted by Crippen LogP contribution is -2.29. The number of halogens is 1. The van der Waals surface area contributed by atoms with Crippen molar-refractivity contribution in [2.45, 2.75) is 6.92 Å². The predicted molar refractivity (Wildman–Crippen MR) is 61.6 cm³/mol. The third kappa shape index (κ3) is 3.77. The largest absolute Gasteiger partial charge is 0.396 e. The number of aliphatic hydroxyl groups excluding tert-OH is 1. The molecule has 0 heterocycles. The summed E-state index contributed by atoms with van der Waals surface area (Å²) in [6.45, 7) is 1.83. The molecule has 0 aliphatic heterocycles. The van der Waals surface area contributed by atoms with Crippen molar-refractivity contribution in [2.24, 2.45) is 5.92 Å². The fraction of sp³-hybridized carbons (Fsp3) is 0.364. The molecule has 0 spiro atoms. The Kier molecular flexibility index (Phi) is 4.73. The van der Waals surface area contributed by atoms with Crippen LogP contribution in [0.25, 0.3) is 0 Å². The van der Waals surface area contributed by atoms with E-state index in [2.05, 4.69) is 5.32 Å². The van der Waals surface area contributed by atoms with Crippen LogP contribution in [0.1, 0.15) is 17.3 Å². The van der Waals surface area contributed by atoms with Gasteiger partial charge in [0.2, 0.25) is 0 Å². The van der Waals surface area contributed by atoms with E-state index in [0.717, 1.165) is 18.2 Å². The molecule has 0 bridgehead atoms. The summed E-state index contributed by atoms with van der Waals surface area (Å²) in [6.07, 6.45) is 0. The minimum Gasteiger partial charge on any atom is -0.396 e. The topological polar surface area (TPSA) is 92.5 Å². The molecule has 0 fully saturated rings. The molecule has 1 rings (SSSR count). The summed E-state index contributed by atoms with van der Waals surface area (Å²) in [5, 5.41) is 21.7. The van der Waals surface area contributed by atoms with E-state index in [4.69, 9.17) is 5.11 Å². The van der Waals surface area contributed by atoms with E-state index in [1.807, 2.05) is 0 Å². The minimum absolute atomic E-state index is 0.0937. The highest BCUT2D eigenvalue weighted by atomic mass is 19.1. The normalized spacial score (nSPS) is 11.9. The second kappa shape index (κ2) is 6.06. The van der Waals surface area contributed by atoms with Gasteiger partial charge in [0.05, 0.1) is 11.0 Å². The van der Waals surface area contributed by atoms with Crippen molar-refractivity contribution >= 4 is 11.6 Å². The summed E-state index contributed by atoms with van der Waals surface area (Å²) >= 11 is 0. The molecule has 0 saturated carbocycles. The molecule has 0 saturated heterocycles. The first-order valence-electron chi connectivity index (χ1n) is 5.28. The lowest BCUT2D eigenvalue weighted by Gasteiger charge is -2.09. The lowest BCUT2D eigenvalue weighted by molar-refractivity contribution is -0.385. The van der Waals surface area contributed by atoms with Crippen LogP contribution >= 0.6 is 0 Å². The van der Waals surface area contributed by atoms with E-state index in [1.54, 1.807) is 6.92 Å². The van der Waals surface area contributed by atoms with Gasteiger partial charge in [-0.3, -0.25) is 14.9 Å². The van der Waals surface area contributed by atoms with E-state index in [-0.39, 0.29) is 24.6 Å². The Morgan fingerprint density at radius 2 is 2.22 bits per heavy atom. The quantitative estimate of drug-likeness (QED) is 0.609. The third-order valence-electron chi connectivity index (χ3n) is 2.28. The zero-order chi connectivity index (χ0) is 13.7. The number of nitro groups is 1. The molecule has 0 radical (unpaired) electrons. The standard InChI is InChI=1S/C11H13FN2O4/c1-7(6-15)5-13-11(16)8-2-9(12)4-10(3-8)14(17)18/h2-4,7,15H,5-6H2,1H3,(H,13,16). The number of nitro benzene ring substituents is 1. The molecule has 6 nitrogen and oxygen atoms in total. The Morgan fingerprint density at radius 3 is 2.78 bits per heavy atom. The van der Waals surface area contributed by atoms with Gasteiger partial charge in [-0.15, -0.1) is 0 Å². The molecule has 98 valence electrons. The highest BCUT2D eigenvalue weighted by Crippen LogP contribution is 2.16. The van der Waals surface area contributed by atoms with Gasteiger partial charge in [-0.1, -0.05) is 6.92 Å². The Morgan fingerprint density at radius 1 is 1.56 bits per heavy atom. The molecule has 18 heavy (non-hydrogen) atoms. The Balaban J connectivity index is 2.82. The van der Waals surface area contributed by atoms with Crippen LogP contribution in [0.3, 0.4) is 0 Å². The molecular weight excluding hydrogens is 243 g/mol. The maximum Gasteiger partial charge on any atom is 0.273 e. The molecule has 1 unspecified atom stereocenters. The van der Waals surface area contributed by atoms with Gasteiger partial charge in [0.25, 0.3) is 11.6 Å². The number of benzene rings is 1. The van der Waals surface area contributed by atoms with Gasteiger partial charge in [0, 0.05) is 24.8 Å². The number of nitrogens with zero attached hydrogens (tertiary/aromatic N) is 1. The molecule has 1 amide bonds. The van der Waals surface area contributed by atoms with Gasteiger partial charge in [-0.2, -0.15) is 0 Å². The molecular formula is C11H13FN2O4. The number of non-ortho nitro benzene ring substituents is 1. The van der Waals surface area contributed by atoms with Gasteiger partial charge in [0.1, 0.15) is 5.82 Å². The van der Waals surface area contributed by atoms with Crippen molar-refractivity contribution in [2.75, 3.05) is 13.2 Å². The number of carbonyl (C=O) groups is 1. The third-order valence-corrected chi connectivity index (χ3v) is 2.28. The Labute approximate surface area is 103 Å². The molecule has 0 aliphatic rings. The van der Waals surface area contributed by atoms with Gasteiger partial charge in [0.15, 0.2) is 0 Å². The number of amides is 1. The SMILES string of the molecule is CC(CO)CNC(=O)c1cc(F)cc([N+](=O)[O-])c1.